The van der Waals surface area contributed by atoms with Crippen molar-refractivity contribution in [3.05, 3.63) is 70.8 Å². The molecule has 1 spiro atoms. The number of benzene rings is 2. The van der Waals surface area contributed by atoms with Gasteiger partial charge in [0, 0.05) is 10.8 Å². The van der Waals surface area contributed by atoms with Crippen LogP contribution in [0.5, 0.6) is 0 Å². The van der Waals surface area contributed by atoms with E-state index in [1.807, 2.05) is 0 Å². The van der Waals surface area contributed by atoms with Crippen LogP contribution < -0.4 is 0 Å². The van der Waals surface area contributed by atoms with Crippen LogP contribution in [0.2, 0.25) is 0 Å². The Hall–Kier alpha value is -2.49. The highest BCUT2D eigenvalue weighted by Crippen LogP contribution is 2.83. The van der Waals surface area contributed by atoms with Crippen molar-refractivity contribution in [2.24, 2.45) is 11.3 Å². The summed E-state index contributed by atoms with van der Waals surface area (Å²) < 4.78 is 77.1. The number of nitriles is 1. The molecular formula is C20H13F6N. The molecule has 0 amide bonds. The summed E-state index contributed by atoms with van der Waals surface area (Å²) in [7, 11) is 0. The zero-order valence-electron chi connectivity index (χ0n) is 13.8. The fraction of sp³-hybridized carbons (Fsp3) is 0.350. The third-order valence-corrected chi connectivity index (χ3v) is 5.95. The maximum Gasteiger partial charge on any atom is 0.416 e. The van der Waals surface area contributed by atoms with Crippen LogP contribution >= 0.6 is 0 Å². The van der Waals surface area contributed by atoms with Crippen LogP contribution in [0.15, 0.2) is 48.5 Å². The van der Waals surface area contributed by atoms with Crippen molar-refractivity contribution in [3.8, 4) is 6.07 Å². The molecule has 2 atom stereocenters. The Morgan fingerprint density at radius 2 is 1.19 bits per heavy atom. The molecule has 0 radical (unpaired) electrons. The quantitative estimate of drug-likeness (QED) is 0.590. The minimum absolute atomic E-state index is 0.234. The standard InChI is InChI=1S/C20H13F6N/c21-19(22,23)14-5-1-12(2-6-14)18(11-17(18)9-16(17)10-27)13-3-7-15(8-4-13)20(24,25)26/h1-8,16H,9,11H2. The monoisotopic (exact) mass is 381 g/mol. The van der Waals surface area contributed by atoms with Crippen molar-refractivity contribution in [3.63, 3.8) is 0 Å². The van der Waals surface area contributed by atoms with Crippen LogP contribution in [0.3, 0.4) is 0 Å². The molecule has 2 aromatic carbocycles. The lowest BCUT2D eigenvalue weighted by molar-refractivity contribution is -0.138. The van der Waals surface area contributed by atoms with Gasteiger partial charge in [-0.15, -0.1) is 0 Å². The summed E-state index contributed by atoms with van der Waals surface area (Å²) in [5, 5.41) is 9.26. The molecule has 0 aromatic heterocycles. The zero-order valence-corrected chi connectivity index (χ0v) is 13.8. The van der Waals surface area contributed by atoms with E-state index >= 15 is 0 Å². The van der Waals surface area contributed by atoms with Gasteiger partial charge in [-0.2, -0.15) is 31.6 Å². The SMILES string of the molecule is N#CC1CC12CC2(c1ccc(C(F)(F)F)cc1)c1ccc(C(F)(F)F)cc1. The maximum absolute atomic E-state index is 12.8. The van der Waals surface area contributed by atoms with Gasteiger partial charge in [0.15, 0.2) is 0 Å². The summed E-state index contributed by atoms with van der Waals surface area (Å²) in [6.45, 7) is 0. The molecule has 0 bridgehead atoms. The van der Waals surface area contributed by atoms with Gasteiger partial charge >= 0.3 is 12.4 Å². The Balaban J connectivity index is 1.76. The predicted octanol–water partition coefficient (Wildman–Crippen LogP) is 5.94. The van der Waals surface area contributed by atoms with E-state index in [0.717, 1.165) is 24.3 Å². The fourth-order valence-corrected chi connectivity index (χ4v) is 4.40. The second-order valence-corrected chi connectivity index (χ2v) is 7.27. The highest BCUT2D eigenvalue weighted by atomic mass is 19.4. The molecule has 0 saturated heterocycles. The lowest BCUT2D eigenvalue weighted by Gasteiger charge is -2.20. The van der Waals surface area contributed by atoms with Crippen molar-refractivity contribution in [2.45, 2.75) is 30.6 Å². The molecule has 140 valence electrons. The molecule has 7 heteroatoms. The Labute approximate surface area is 151 Å². The molecule has 2 fully saturated rings. The van der Waals surface area contributed by atoms with Gasteiger partial charge in [0.2, 0.25) is 0 Å². The third-order valence-electron chi connectivity index (χ3n) is 5.95. The molecule has 2 aliphatic rings. The fourth-order valence-electron chi connectivity index (χ4n) is 4.40. The van der Waals surface area contributed by atoms with Crippen LogP contribution in [0, 0.1) is 22.7 Å². The van der Waals surface area contributed by atoms with E-state index in [9.17, 15) is 31.6 Å². The lowest BCUT2D eigenvalue weighted by Crippen LogP contribution is -2.15. The first kappa shape index (κ1) is 17.9. The summed E-state index contributed by atoms with van der Waals surface area (Å²) >= 11 is 0. The van der Waals surface area contributed by atoms with Gasteiger partial charge in [-0.3, -0.25) is 0 Å². The first-order chi connectivity index (χ1) is 12.5. The number of hydrogen-bond acceptors (Lipinski definition) is 1. The highest BCUT2D eigenvalue weighted by Gasteiger charge is 2.81. The Kier molecular flexibility index (Phi) is 3.50. The first-order valence-corrected chi connectivity index (χ1v) is 8.30. The molecule has 0 N–H and O–H groups in total. The molecule has 0 aliphatic heterocycles. The molecule has 0 heterocycles. The number of hydrogen-bond donors (Lipinski definition) is 0. The van der Waals surface area contributed by atoms with E-state index in [1.54, 1.807) is 0 Å². The van der Waals surface area contributed by atoms with Crippen molar-refractivity contribution in [2.75, 3.05) is 0 Å². The molecule has 4 rings (SSSR count). The maximum atomic E-state index is 12.8. The van der Waals surface area contributed by atoms with Gasteiger partial charge in [0.1, 0.15) is 0 Å². The van der Waals surface area contributed by atoms with Crippen LogP contribution in [-0.2, 0) is 17.8 Å². The third kappa shape index (κ3) is 2.53. The van der Waals surface area contributed by atoms with E-state index in [1.165, 1.54) is 24.3 Å². The molecule has 2 aromatic rings. The van der Waals surface area contributed by atoms with Crippen LogP contribution in [-0.4, -0.2) is 0 Å². The van der Waals surface area contributed by atoms with Crippen molar-refractivity contribution in [1.82, 2.24) is 0 Å². The normalized spacial score (nSPS) is 25.9. The average Bonchev–Trinajstić information content (AvgIpc) is 3.50. The Bertz CT molecular complexity index is 860. The van der Waals surface area contributed by atoms with Crippen molar-refractivity contribution in [1.29, 1.82) is 5.26 Å². The Morgan fingerprint density at radius 1 is 0.778 bits per heavy atom. The molecule has 1 nitrogen and oxygen atoms in total. The van der Waals surface area contributed by atoms with Gasteiger partial charge in [-0.25, -0.2) is 0 Å². The highest BCUT2D eigenvalue weighted by molar-refractivity contribution is 5.56. The number of rotatable bonds is 2. The van der Waals surface area contributed by atoms with Crippen LogP contribution in [0.1, 0.15) is 35.1 Å². The van der Waals surface area contributed by atoms with E-state index in [4.69, 9.17) is 0 Å². The van der Waals surface area contributed by atoms with Crippen LogP contribution in [0.4, 0.5) is 26.3 Å². The van der Waals surface area contributed by atoms with E-state index in [-0.39, 0.29) is 11.3 Å². The van der Waals surface area contributed by atoms with Crippen molar-refractivity contribution < 1.29 is 26.3 Å². The second-order valence-electron chi connectivity index (χ2n) is 7.27. The zero-order chi connectivity index (χ0) is 19.7. The molecule has 2 saturated carbocycles. The van der Waals surface area contributed by atoms with E-state index < -0.39 is 28.9 Å². The molecule has 2 unspecified atom stereocenters. The number of alkyl halides is 6. The average molecular weight is 381 g/mol. The van der Waals surface area contributed by atoms with Gasteiger partial charge in [-0.05, 0) is 48.2 Å². The van der Waals surface area contributed by atoms with Gasteiger partial charge in [0.25, 0.3) is 0 Å². The minimum Gasteiger partial charge on any atom is -0.198 e. The smallest absolute Gasteiger partial charge is 0.198 e. The summed E-state index contributed by atoms with van der Waals surface area (Å²) in [6, 6.07) is 11.6. The van der Waals surface area contributed by atoms with Crippen molar-refractivity contribution >= 4 is 0 Å². The van der Waals surface area contributed by atoms with Gasteiger partial charge in [0.05, 0.1) is 23.1 Å². The Morgan fingerprint density at radius 3 is 1.48 bits per heavy atom. The predicted molar refractivity (Wildman–Crippen MR) is 84.4 cm³/mol. The largest absolute Gasteiger partial charge is 0.416 e. The van der Waals surface area contributed by atoms with E-state index in [0.29, 0.717) is 24.0 Å². The molecular weight excluding hydrogens is 368 g/mol. The summed E-state index contributed by atoms with van der Waals surface area (Å²) in [5.41, 5.74) is -1.45. The molecule has 2 aliphatic carbocycles. The van der Waals surface area contributed by atoms with Gasteiger partial charge < -0.3 is 0 Å². The lowest BCUT2D eigenvalue weighted by atomic mass is 9.83. The first-order valence-electron chi connectivity index (χ1n) is 8.30. The second kappa shape index (κ2) is 5.28. The molecule has 27 heavy (non-hydrogen) atoms. The number of halogens is 6. The topological polar surface area (TPSA) is 23.8 Å². The van der Waals surface area contributed by atoms with Crippen LogP contribution in [0.25, 0.3) is 0 Å². The number of nitrogens with zero attached hydrogens (tertiary/aromatic N) is 1. The van der Waals surface area contributed by atoms with E-state index in [2.05, 4.69) is 6.07 Å². The van der Waals surface area contributed by atoms with Gasteiger partial charge in [-0.1, -0.05) is 24.3 Å². The summed E-state index contributed by atoms with van der Waals surface area (Å²) in [5.74, 6) is -0.234. The summed E-state index contributed by atoms with van der Waals surface area (Å²) in [4.78, 5) is 0. The summed E-state index contributed by atoms with van der Waals surface area (Å²) in [6.07, 6.45) is -7.77. The minimum atomic E-state index is -4.46.